The summed E-state index contributed by atoms with van der Waals surface area (Å²) >= 11 is 0. The van der Waals surface area contributed by atoms with E-state index >= 15 is 0 Å². The molecular formula is C12H24N2. The zero-order valence-electron chi connectivity index (χ0n) is 9.39. The van der Waals surface area contributed by atoms with E-state index < -0.39 is 0 Å². The van der Waals surface area contributed by atoms with Crippen molar-refractivity contribution in [3.8, 4) is 0 Å². The van der Waals surface area contributed by atoms with Crippen molar-refractivity contribution in [3.05, 3.63) is 0 Å². The molecule has 2 fully saturated rings. The molecule has 3 atom stereocenters. The maximum atomic E-state index is 3.72. The molecule has 0 aromatic heterocycles. The van der Waals surface area contributed by atoms with Crippen molar-refractivity contribution in [3.63, 3.8) is 0 Å². The fourth-order valence-electron chi connectivity index (χ4n) is 2.60. The van der Waals surface area contributed by atoms with Crippen LogP contribution in [0.3, 0.4) is 0 Å². The molecule has 0 spiro atoms. The molecule has 1 aliphatic carbocycles. The van der Waals surface area contributed by atoms with Crippen molar-refractivity contribution >= 4 is 0 Å². The van der Waals surface area contributed by atoms with E-state index in [1.54, 1.807) is 0 Å². The van der Waals surface area contributed by atoms with Crippen LogP contribution >= 0.6 is 0 Å². The van der Waals surface area contributed by atoms with Gasteiger partial charge in [0.2, 0.25) is 0 Å². The summed E-state index contributed by atoms with van der Waals surface area (Å²) in [7, 11) is 0. The van der Waals surface area contributed by atoms with Crippen LogP contribution in [0, 0.1) is 11.8 Å². The van der Waals surface area contributed by atoms with Crippen LogP contribution in [0.1, 0.15) is 39.0 Å². The molecule has 14 heavy (non-hydrogen) atoms. The van der Waals surface area contributed by atoms with Gasteiger partial charge in [0.1, 0.15) is 0 Å². The molecule has 2 rings (SSSR count). The van der Waals surface area contributed by atoms with Crippen molar-refractivity contribution in [2.24, 2.45) is 11.8 Å². The van der Waals surface area contributed by atoms with Crippen molar-refractivity contribution in [1.82, 2.24) is 10.6 Å². The monoisotopic (exact) mass is 196 g/mol. The highest BCUT2D eigenvalue weighted by Gasteiger charge is 2.35. The van der Waals surface area contributed by atoms with Gasteiger partial charge in [0.25, 0.3) is 0 Å². The first-order chi connectivity index (χ1) is 6.90. The first kappa shape index (κ1) is 10.4. The second-order valence-corrected chi connectivity index (χ2v) is 5.01. The molecule has 2 heteroatoms. The Balaban J connectivity index is 1.54. The highest BCUT2D eigenvalue weighted by molar-refractivity contribution is 4.93. The molecule has 1 heterocycles. The fraction of sp³-hybridized carbons (Fsp3) is 1.00. The zero-order valence-corrected chi connectivity index (χ0v) is 9.39. The number of piperidine rings is 1. The third kappa shape index (κ3) is 2.96. The lowest BCUT2D eigenvalue weighted by Crippen LogP contribution is -2.37. The van der Waals surface area contributed by atoms with Gasteiger partial charge in [0.05, 0.1) is 0 Å². The van der Waals surface area contributed by atoms with E-state index in [-0.39, 0.29) is 0 Å². The highest BCUT2D eigenvalue weighted by Crippen LogP contribution is 2.34. The van der Waals surface area contributed by atoms with Crippen LogP contribution in [-0.2, 0) is 0 Å². The van der Waals surface area contributed by atoms with Crippen LogP contribution < -0.4 is 10.6 Å². The molecule has 2 aliphatic rings. The highest BCUT2D eigenvalue weighted by atomic mass is 15.0. The van der Waals surface area contributed by atoms with Crippen LogP contribution in [0.2, 0.25) is 0 Å². The van der Waals surface area contributed by atoms with Gasteiger partial charge in [-0.15, -0.1) is 0 Å². The predicted octanol–water partition coefficient (Wildman–Crippen LogP) is 1.76. The second-order valence-electron chi connectivity index (χ2n) is 5.01. The van der Waals surface area contributed by atoms with E-state index in [4.69, 9.17) is 0 Å². The average Bonchev–Trinajstić information content (AvgIpc) is 2.96. The minimum Gasteiger partial charge on any atom is -0.316 e. The Labute approximate surface area is 87.8 Å². The average molecular weight is 196 g/mol. The number of hydrogen-bond donors (Lipinski definition) is 2. The summed E-state index contributed by atoms with van der Waals surface area (Å²) in [6.07, 6.45) is 7.02. The van der Waals surface area contributed by atoms with Gasteiger partial charge in [-0.1, -0.05) is 13.3 Å². The SMILES string of the molecule is CCCC1CC1NCC1CCCNC1. The smallest absolute Gasteiger partial charge is 0.00992 e. The second kappa shape index (κ2) is 5.13. The Morgan fingerprint density at radius 2 is 2.36 bits per heavy atom. The molecular weight excluding hydrogens is 172 g/mol. The lowest BCUT2D eigenvalue weighted by Gasteiger charge is -2.23. The minimum absolute atomic E-state index is 0.872. The van der Waals surface area contributed by atoms with Gasteiger partial charge in [0, 0.05) is 6.04 Å². The van der Waals surface area contributed by atoms with E-state index in [0.29, 0.717) is 0 Å². The maximum absolute atomic E-state index is 3.72. The molecule has 0 radical (unpaired) electrons. The molecule has 0 amide bonds. The Morgan fingerprint density at radius 1 is 1.43 bits per heavy atom. The molecule has 1 saturated carbocycles. The Bertz CT molecular complexity index is 164. The largest absolute Gasteiger partial charge is 0.316 e. The molecule has 0 aromatic rings. The van der Waals surface area contributed by atoms with Crippen LogP contribution in [0.25, 0.3) is 0 Å². The molecule has 82 valence electrons. The quantitative estimate of drug-likeness (QED) is 0.700. The molecule has 0 bridgehead atoms. The minimum atomic E-state index is 0.872. The van der Waals surface area contributed by atoms with Crippen LogP contribution in [0.4, 0.5) is 0 Å². The van der Waals surface area contributed by atoms with E-state index in [1.165, 1.54) is 51.7 Å². The fourth-order valence-corrected chi connectivity index (χ4v) is 2.60. The molecule has 2 N–H and O–H groups in total. The predicted molar refractivity (Wildman–Crippen MR) is 60.4 cm³/mol. The number of nitrogens with one attached hydrogen (secondary N) is 2. The summed E-state index contributed by atoms with van der Waals surface area (Å²) in [6, 6.07) is 0.872. The van der Waals surface area contributed by atoms with Gasteiger partial charge in [-0.25, -0.2) is 0 Å². The molecule has 2 nitrogen and oxygen atoms in total. The Kier molecular flexibility index (Phi) is 3.82. The van der Waals surface area contributed by atoms with Crippen LogP contribution in [0.15, 0.2) is 0 Å². The molecule has 1 aliphatic heterocycles. The molecule has 0 aromatic carbocycles. The summed E-state index contributed by atoms with van der Waals surface area (Å²) in [4.78, 5) is 0. The third-order valence-electron chi connectivity index (χ3n) is 3.65. The van der Waals surface area contributed by atoms with E-state index in [1.807, 2.05) is 0 Å². The van der Waals surface area contributed by atoms with Crippen molar-refractivity contribution < 1.29 is 0 Å². The number of hydrogen-bond acceptors (Lipinski definition) is 2. The lowest BCUT2D eigenvalue weighted by atomic mass is 10.00. The summed E-state index contributed by atoms with van der Waals surface area (Å²) in [5.74, 6) is 1.91. The summed E-state index contributed by atoms with van der Waals surface area (Å²) < 4.78 is 0. The lowest BCUT2D eigenvalue weighted by molar-refractivity contribution is 0.356. The van der Waals surface area contributed by atoms with Crippen molar-refractivity contribution in [1.29, 1.82) is 0 Å². The molecule has 1 saturated heterocycles. The van der Waals surface area contributed by atoms with Crippen LogP contribution in [-0.4, -0.2) is 25.7 Å². The van der Waals surface area contributed by atoms with Gasteiger partial charge in [-0.3, -0.25) is 0 Å². The van der Waals surface area contributed by atoms with Gasteiger partial charge < -0.3 is 10.6 Å². The number of rotatable bonds is 5. The topological polar surface area (TPSA) is 24.1 Å². The standard InChI is InChI=1S/C12H24N2/c1-2-4-11-7-12(11)14-9-10-5-3-6-13-8-10/h10-14H,2-9H2,1H3. The summed E-state index contributed by atoms with van der Waals surface area (Å²) in [5.41, 5.74) is 0. The van der Waals surface area contributed by atoms with Crippen molar-refractivity contribution in [2.75, 3.05) is 19.6 Å². The van der Waals surface area contributed by atoms with E-state index in [0.717, 1.165) is 17.9 Å². The normalized spacial score (nSPS) is 37.1. The van der Waals surface area contributed by atoms with Crippen LogP contribution in [0.5, 0.6) is 0 Å². The summed E-state index contributed by atoms with van der Waals surface area (Å²) in [5, 5.41) is 7.20. The third-order valence-corrected chi connectivity index (χ3v) is 3.65. The van der Waals surface area contributed by atoms with E-state index in [9.17, 15) is 0 Å². The first-order valence-electron chi connectivity index (χ1n) is 6.34. The van der Waals surface area contributed by atoms with Gasteiger partial charge in [-0.2, -0.15) is 0 Å². The Hall–Kier alpha value is -0.0800. The maximum Gasteiger partial charge on any atom is 0.00992 e. The van der Waals surface area contributed by atoms with Gasteiger partial charge >= 0.3 is 0 Å². The summed E-state index contributed by atoms with van der Waals surface area (Å²) in [6.45, 7) is 6.01. The van der Waals surface area contributed by atoms with Gasteiger partial charge in [-0.05, 0) is 57.2 Å². The zero-order chi connectivity index (χ0) is 9.80. The Morgan fingerprint density at radius 3 is 3.07 bits per heavy atom. The molecule has 3 unspecified atom stereocenters. The van der Waals surface area contributed by atoms with Crippen molar-refractivity contribution in [2.45, 2.75) is 45.1 Å². The van der Waals surface area contributed by atoms with E-state index in [2.05, 4.69) is 17.6 Å². The van der Waals surface area contributed by atoms with Gasteiger partial charge in [0.15, 0.2) is 0 Å². The first-order valence-corrected chi connectivity index (χ1v) is 6.34.